The Morgan fingerprint density at radius 3 is 2.47 bits per heavy atom. The van der Waals surface area contributed by atoms with Crippen molar-refractivity contribution in [3.63, 3.8) is 0 Å². The number of hydrogen-bond acceptors (Lipinski definition) is 3. The lowest BCUT2D eigenvalue weighted by molar-refractivity contribution is -0.137. The molecule has 1 aliphatic heterocycles. The third-order valence-electron chi connectivity index (χ3n) is 2.57. The van der Waals surface area contributed by atoms with Gasteiger partial charge in [-0.3, -0.25) is 19.3 Å². The molecule has 1 N–H and O–H groups in total. The maximum atomic E-state index is 11.3. The van der Waals surface area contributed by atoms with Crippen molar-refractivity contribution in [1.29, 1.82) is 0 Å². The third kappa shape index (κ3) is 4.38. The van der Waals surface area contributed by atoms with Gasteiger partial charge >= 0.3 is 0 Å². The molecule has 0 fully saturated rings. The fraction of sp³-hybridized carbons (Fsp3) is 0.583. The van der Waals surface area contributed by atoms with Gasteiger partial charge in [0.2, 0.25) is 5.91 Å². The van der Waals surface area contributed by atoms with E-state index in [-0.39, 0.29) is 24.3 Å². The minimum atomic E-state index is -0.310. The predicted octanol–water partition coefficient (Wildman–Crippen LogP) is 0.608. The molecule has 0 spiro atoms. The van der Waals surface area contributed by atoms with E-state index < -0.39 is 0 Å². The number of imide groups is 1. The first-order valence-corrected chi connectivity index (χ1v) is 5.95. The zero-order chi connectivity index (χ0) is 12.7. The van der Waals surface area contributed by atoms with Crippen molar-refractivity contribution in [3.8, 4) is 0 Å². The fourth-order valence-electron chi connectivity index (χ4n) is 1.58. The summed E-state index contributed by atoms with van der Waals surface area (Å²) in [6, 6.07) is 0. The molecule has 0 saturated carbocycles. The highest BCUT2D eigenvalue weighted by atomic mass is 16.2. The van der Waals surface area contributed by atoms with E-state index in [1.54, 1.807) is 0 Å². The summed E-state index contributed by atoms with van der Waals surface area (Å²) in [6.07, 6.45) is 5.99. The van der Waals surface area contributed by atoms with Gasteiger partial charge in [0, 0.05) is 31.7 Å². The zero-order valence-electron chi connectivity index (χ0n) is 10.1. The maximum Gasteiger partial charge on any atom is 0.253 e. The molecule has 0 bridgehead atoms. The Morgan fingerprint density at radius 1 is 1.24 bits per heavy atom. The molecule has 1 heterocycles. The van der Waals surface area contributed by atoms with Gasteiger partial charge < -0.3 is 5.32 Å². The smallest absolute Gasteiger partial charge is 0.253 e. The summed E-state index contributed by atoms with van der Waals surface area (Å²) in [7, 11) is 0. The number of hydrogen-bond donors (Lipinski definition) is 1. The van der Waals surface area contributed by atoms with Crippen LogP contribution in [-0.4, -0.2) is 35.7 Å². The number of carbonyl (C=O) groups is 3. The highest BCUT2D eigenvalue weighted by Gasteiger charge is 2.22. The highest BCUT2D eigenvalue weighted by molar-refractivity contribution is 6.12. The Labute approximate surface area is 101 Å². The molecule has 0 unspecified atom stereocenters. The van der Waals surface area contributed by atoms with Crippen molar-refractivity contribution in [2.75, 3.05) is 13.1 Å². The minimum absolute atomic E-state index is 0.0227. The Bertz CT molecular complexity index is 319. The molecule has 94 valence electrons. The lowest BCUT2D eigenvalue weighted by Crippen LogP contribution is -2.38. The molecular formula is C12H18N2O3. The molecule has 0 aromatic heterocycles. The molecular weight excluding hydrogens is 220 g/mol. The first kappa shape index (κ1) is 13.4. The topological polar surface area (TPSA) is 66.5 Å². The van der Waals surface area contributed by atoms with Gasteiger partial charge in [-0.05, 0) is 6.42 Å². The summed E-state index contributed by atoms with van der Waals surface area (Å²) in [5.74, 6) is -0.643. The molecule has 0 saturated heterocycles. The first-order valence-electron chi connectivity index (χ1n) is 5.95. The van der Waals surface area contributed by atoms with Crippen LogP contribution in [0.1, 0.15) is 32.6 Å². The van der Waals surface area contributed by atoms with Crippen LogP contribution in [0.5, 0.6) is 0 Å². The SMILES string of the molecule is CCCCCC(=O)NCCN1C(=O)C=CC1=O. The van der Waals surface area contributed by atoms with E-state index in [4.69, 9.17) is 0 Å². The van der Waals surface area contributed by atoms with Crippen LogP contribution in [0, 0.1) is 0 Å². The van der Waals surface area contributed by atoms with Gasteiger partial charge in [0.05, 0.1) is 0 Å². The standard InChI is InChI=1S/C12H18N2O3/c1-2-3-4-5-10(15)13-8-9-14-11(16)6-7-12(14)17/h6-7H,2-5,8-9H2,1H3,(H,13,15). The van der Waals surface area contributed by atoms with Crippen LogP contribution < -0.4 is 5.32 Å². The normalized spacial score (nSPS) is 14.5. The number of rotatable bonds is 7. The summed E-state index contributed by atoms with van der Waals surface area (Å²) in [5.41, 5.74) is 0. The molecule has 17 heavy (non-hydrogen) atoms. The predicted molar refractivity (Wildman–Crippen MR) is 63.0 cm³/mol. The molecule has 0 aliphatic carbocycles. The summed E-state index contributed by atoms with van der Waals surface area (Å²) in [5, 5.41) is 2.70. The van der Waals surface area contributed by atoms with Crippen molar-refractivity contribution in [1.82, 2.24) is 10.2 Å². The number of amides is 3. The monoisotopic (exact) mass is 238 g/mol. The van der Waals surface area contributed by atoms with Gasteiger partial charge in [-0.1, -0.05) is 19.8 Å². The van der Waals surface area contributed by atoms with Gasteiger partial charge in [0.1, 0.15) is 0 Å². The second-order valence-corrected chi connectivity index (χ2v) is 3.97. The largest absolute Gasteiger partial charge is 0.354 e. The molecule has 5 heteroatoms. The van der Waals surface area contributed by atoms with Crippen LogP contribution in [0.4, 0.5) is 0 Å². The number of nitrogens with zero attached hydrogens (tertiary/aromatic N) is 1. The van der Waals surface area contributed by atoms with E-state index in [1.807, 2.05) is 0 Å². The minimum Gasteiger partial charge on any atom is -0.354 e. The van der Waals surface area contributed by atoms with E-state index in [2.05, 4.69) is 12.2 Å². The van der Waals surface area contributed by atoms with E-state index in [0.717, 1.165) is 24.2 Å². The second-order valence-electron chi connectivity index (χ2n) is 3.97. The fourth-order valence-corrected chi connectivity index (χ4v) is 1.58. The Kier molecular flexibility index (Phi) is 5.39. The zero-order valence-corrected chi connectivity index (χ0v) is 10.1. The number of unbranched alkanes of at least 4 members (excludes halogenated alkanes) is 2. The Hall–Kier alpha value is -1.65. The van der Waals surface area contributed by atoms with Crippen LogP contribution in [-0.2, 0) is 14.4 Å². The molecule has 0 aromatic carbocycles. The van der Waals surface area contributed by atoms with Crippen molar-refractivity contribution < 1.29 is 14.4 Å². The second kappa shape index (κ2) is 6.83. The van der Waals surface area contributed by atoms with Crippen molar-refractivity contribution in [2.24, 2.45) is 0 Å². The van der Waals surface area contributed by atoms with Gasteiger partial charge in [0.15, 0.2) is 0 Å². The lowest BCUT2D eigenvalue weighted by atomic mass is 10.2. The van der Waals surface area contributed by atoms with Crippen LogP contribution in [0.25, 0.3) is 0 Å². The molecule has 1 aliphatic rings. The van der Waals surface area contributed by atoms with Gasteiger partial charge in [-0.15, -0.1) is 0 Å². The first-order chi connectivity index (χ1) is 8.15. The van der Waals surface area contributed by atoms with E-state index in [0.29, 0.717) is 13.0 Å². The molecule has 0 atom stereocenters. The average molecular weight is 238 g/mol. The summed E-state index contributed by atoms with van der Waals surface area (Å²) >= 11 is 0. The third-order valence-corrected chi connectivity index (χ3v) is 2.57. The van der Waals surface area contributed by atoms with E-state index in [1.165, 1.54) is 12.2 Å². The van der Waals surface area contributed by atoms with E-state index >= 15 is 0 Å². The maximum absolute atomic E-state index is 11.3. The average Bonchev–Trinajstić information content (AvgIpc) is 2.61. The molecule has 0 radical (unpaired) electrons. The van der Waals surface area contributed by atoms with Crippen molar-refractivity contribution in [2.45, 2.75) is 32.6 Å². The van der Waals surface area contributed by atoms with Crippen LogP contribution in [0.15, 0.2) is 12.2 Å². The molecule has 5 nitrogen and oxygen atoms in total. The highest BCUT2D eigenvalue weighted by Crippen LogP contribution is 2.02. The van der Waals surface area contributed by atoms with Gasteiger partial charge in [0.25, 0.3) is 11.8 Å². The summed E-state index contributed by atoms with van der Waals surface area (Å²) in [4.78, 5) is 34.8. The molecule has 3 amide bonds. The quantitative estimate of drug-likeness (QED) is 0.522. The van der Waals surface area contributed by atoms with Crippen molar-refractivity contribution in [3.05, 3.63) is 12.2 Å². The van der Waals surface area contributed by atoms with Crippen LogP contribution >= 0.6 is 0 Å². The summed E-state index contributed by atoms with van der Waals surface area (Å²) in [6.45, 7) is 2.64. The Morgan fingerprint density at radius 2 is 1.88 bits per heavy atom. The Balaban J connectivity index is 2.13. The lowest BCUT2D eigenvalue weighted by Gasteiger charge is -2.13. The van der Waals surface area contributed by atoms with Crippen molar-refractivity contribution >= 4 is 17.7 Å². The van der Waals surface area contributed by atoms with E-state index in [9.17, 15) is 14.4 Å². The number of carbonyl (C=O) groups excluding carboxylic acids is 3. The molecule has 0 aromatic rings. The van der Waals surface area contributed by atoms with Crippen LogP contribution in [0.2, 0.25) is 0 Å². The van der Waals surface area contributed by atoms with Crippen LogP contribution in [0.3, 0.4) is 0 Å². The molecule has 1 rings (SSSR count). The van der Waals surface area contributed by atoms with Gasteiger partial charge in [-0.2, -0.15) is 0 Å². The summed E-state index contributed by atoms with van der Waals surface area (Å²) < 4.78 is 0. The van der Waals surface area contributed by atoms with Gasteiger partial charge in [-0.25, -0.2) is 0 Å². The number of nitrogens with one attached hydrogen (secondary N) is 1.